The summed E-state index contributed by atoms with van der Waals surface area (Å²) in [6.45, 7) is 2.06. The monoisotopic (exact) mass is 695 g/mol. The van der Waals surface area contributed by atoms with Crippen LogP contribution in [0.2, 0.25) is 5.32 Å². The molecule has 9 nitrogen and oxygen atoms in total. The maximum absolute atomic E-state index is 14.2. The molecule has 45 heavy (non-hydrogen) atoms. The Labute approximate surface area is 271 Å². The predicted octanol–water partition coefficient (Wildman–Crippen LogP) is 5.81. The van der Waals surface area contributed by atoms with Gasteiger partial charge in [0, 0.05) is 12.6 Å². The SMILES string of the molecule is CCN(c1cccc(OC)c1)S(=O)(=O)C1CC2OC1C(c1ccc(NC(=O)CCCCC[Se]C#N)cc1)=C2c1ccc(O)cc1. The van der Waals surface area contributed by atoms with Crippen LogP contribution in [0.15, 0.2) is 72.8 Å². The third-order valence-electron chi connectivity index (χ3n) is 8.18. The number of phenols is 1. The first-order chi connectivity index (χ1) is 21.8. The molecule has 0 saturated carbocycles. The fourth-order valence-corrected chi connectivity index (χ4v) is 9.03. The zero-order valence-corrected chi connectivity index (χ0v) is 27.8. The van der Waals surface area contributed by atoms with Crippen LogP contribution in [0.25, 0.3) is 11.1 Å². The van der Waals surface area contributed by atoms with Crippen LogP contribution in [-0.2, 0) is 19.6 Å². The van der Waals surface area contributed by atoms with Gasteiger partial charge in [0.25, 0.3) is 0 Å². The van der Waals surface area contributed by atoms with Gasteiger partial charge < -0.3 is 14.6 Å². The average molecular weight is 695 g/mol. The summed E-state index contributed by atoms with van der Waals surface area (Å²) in [6, 6.07) is 21.3. The molecule has 3 atom stereocenters. The molecule has 3 unspecified atom stereocenters. The summed E-state index contributed by atoms with van der Waals surface area (Å²) < 4.78 is 41.7. The molecular weight excluding hydrogens is 657 g/mol. The fraction of sp³-hybridized carbons (Fsp3) is 0.353. The van der Waals surface area contributed by atoms with Crippen LogP contribution in [-0.4, -0.2) is 65.5 Å². The van der Waals surface area contributed by atoms with Crippen molar-refractivity contribution in [3.63, 3.8) is 0 Å². The van der Waals surface area contributed by atoms with E-state index in [1.165, 1.54) is 4.31 Å². The Morgan fingerprint density at radius 2 is 1.78 bits per heavy atom. The summed E-state index contributed by atoms with van der Waals surface area (Å²) in [7, 11) is -2.30. The Morgan fingerprint density at radius 3 is 2.47 bits per heavy atom. The summed E-state index contributed by atoms with van der Waals surface area (Å²) in [5.74, 6) is 0.651. The van der Waals surface area contributed by atoms with E-state index in [-0.39, 0.29) is 33.2 Å². The van der Waals surface area contributed by atoms with Crippen molar-refractivity contribution >= 4 is 53.4 Å². The van der Waals surface area contributed by atoms with Crippen molar-refractivity contribution in [3.05, 3.63) is 83.9 Å². The molecule has 2 bridgehead atoms. The molecule has 1 fully saturated rings. The molecular formula is C34H37N3O6SSe. The zero-order valence-electron chi connectivity index (χ0n) is 25.3. The van der Waals surface area contributed by atoms with Gasteiger partial charge in [-0.15, -0.1) is 0 Å². The molecule has 11 heteroatoms. The smallest absolute Gasteiger partial charge is 0.115 e. The summed E-state index contributed by atoms with van der Waals surface area (Å²) in [5, 5.41) is 21.7. The number of hydrogen-bond acceptors (Lipinski definition) is 7. The number of carbonyl (C=O) groups excluding carboxylic acids is 1. The van der Waals surface area contributed by atoms with E-state index < -0.39 is 27.5 Å². The maximum atomic E-state index is 14.2. The normalized spacial score (nSPS) is 18.9. The van der Waals surface area contributed by atoms with Gasteiger partial charge in [-0.3, -0.25) is 4.31 Å². The summed E-state index contributed by atoms with van der Waals surface area (Å²) in [4.78, 5) is 14.7. The second kappa shape index (κ2) is 14.5. The Kier molecular flexibility index (Phi) is 10.5. The van der Waals surface area contributed by atoms with Crippen molar-refractivity contribution in [1.29, 1.82) is 5.26 Å². The quantitative estimate of drug-likeness (QED) is 0.161. The molecule has 5 rings (SSSR count). The minimum Gasteiger partial charge on any atom is -0.508 e. The molecule has 1 amide bonds. The van der Waals surface area contributed by atoms with Crippen LogP contribution < -0.4 is 14.4 Å². The van der Waals surface area contributed by atoms with E-state index in [1.807, 2.05) is 43.3 Å². The number of unbranched alkanes of at least 4 members (excludes halogenated alkanes) is 2. The number of rotatable bonds is 14. The molecule has 3 aromatic rings. The minimum atomic E-state index is -3.85. The van der Waals surface area contributed by atoms with Crippen molar-refractivity contribution < 1.29 is 27.8 Å². The third kappa shape index (κ3) is 7.21. The number of nitrogens with one attached hydrogen (secondary N) is 1. The van der Waals surface area contributed by atoms with Gasteiger partial charge in [0.05, 0.1) is 18.9 Å². The van der Waals surface area contributed by atoms with Gasteiger partial charge in [0.1, 0.15) is 22.9 Å². The average Bonchev–Trinajstić information content (AvgIpc) is 3.64. The molecule has 0 aliphatic carbocycles. The van der Waals surface area contributed by atoms with E-state index in [2.05, 4.69) is 10.3 Å². The van der Waals surface area contributed by atoms with Gasteiger partial charge in [-0.25, -0.2) is 8.42 Å². The van der Waals surface area contributed by atoms with Gasteiger partial charge in [-0.1, -0.05) is 18.2 Å². The van der Waals surface area contributed by atoms with Crippen molar-refractivity contribution in [2.75, 3.05) is 23.3 Å². The molecule has 0 aromatic heterocycles. The van der Waals surface area contributed by atoms with Crippen LogP contribution >= 0.6 is 0 Å². The van der Waals surface area contributed by atoms with Crippen LogP contribution in [0, 0.1) is 10.2 Å². The number of nitrogens with zero attached hydrogens (tertiary/aromatic N) is 2. The molecule has 236 valence electrons. The molecule has 2 aliphatic rings. The first-order valence-corrected chi connectivity index (χ1v) is 18.6. The van der Waals surface area contributed by atoms with E-state index in [0.717, 1.165) is 46.9 Å². The number of sulfonamides is 1. The number of hydrogen-bond donors (Lipinski definition) is 2. The van der Waals surface area contributed by atoms with Crippen LogP contribution in [0.4, 0.5) is 11.4 Å². The van der Waals surface area contributed by atoms with E-state index in [9.17, 15) is 18.3 Å². The van der Waals surface area contributed by atoms with Gasteiger partial charge >= 0.3 is 113 Å². The summed E-state index contributed by atoms with van der Waals surface area (Å²) >= 11 is 0.0288. The minimum absolute atomic E-state index is 0.0288. The largest absolute Gasteiger partial charge is 0.508 e. The Bertz CT molecular complexity index is 1690. The molecule has 2 aliphatic heterocycles. The van der Waals surface area contributed by atoms with Crippen molar-refractivity contribution in [1.82, 2.24) is 0 Å². The molecule has 0 radical (unpaired) electrons. The molecule has 0 spiro atoms. The Morgan fingerprint density at radius 1 is 1.07 bits per heavy atom. The second-order valence-corrected chi connectivity index (χ2v) is 14.9. The molecule has 2 heterocycles. The zero-order chi connectivity index (χ0) is 32.0. The molecule has 2 N–H and O–H groups in total. The van der Waals surface area contributed by atoms with Gasteiger partial charge in [-0.05, 0) is 48.7 Å². The van der Waals surface area contributed by atoms with Crippen molar-refractivity contribution in [3.8, 4) is 16.5 Å². The number of phenolic OH excluding ortho intramolecular Hbond substituents is 1. The van der Waals surface area contributed by atoms with Crippen LogP contribution in [0.5, 0.6) is 11.5 Å². The maximum Gasteiger partial charge on any atom is 0.115 e. The Hall–Kier alpha value is -3.81. The number of aromatic hydroxyl groups is 1. The first-order valence-electron chi connectivity index (χ1n) is 15.0. The van der Waals surface area contributed by atoms with Crippen LogP contribution in [0.3, 0.4) is 0 Å². The number of anilines is 2. The predicted molar refractivity (Wildman–Crippen MR) is 177 cm³/mol. The van der Waals surface area contributed by atoms with Crippen molar-refractivity contribution in [2.45, 2.75) is 61.8 Å². The number of ether oxygens (including phenoxy) is 2. The number of amides is 1. The number of methoxy groups -OCH3 is 1. The summed E-state index contributed by atoms with van der Waals surface area (Å²) in [5.41, 5.74) is 4.57. The van der Waals surface area contributed by atoms with Gasteiger partial charge in [0.15, 0.2) is 0 Å². The van der Waals surface area contributed by atoms with Crippen molar-refractivity contribution in [2.24, 2.45) is 0 Å². The number of fused-ring (bicyclic) bond motifs is 2. The Balaban J connectivity index is 1.41. The third-order valence-corrected chi connectivity index (χ3v) is 11.8. The number of nitriles is 1. The topological polar surface area (TPSA) is 129 Å². The number of carbonyl (C=O) groups is 1. The fourth-order valence-electron chi connectivity index (χ4n) is 6.08. The standard InChI is InChI=1S/C34H37N3O6SSe/c1-3-37(26-8-7-9-28(20-26)42-2)44(40,41)30-21-29-32(23-13-17-27(38)18-14-23)33(34(30)43-29)24-11-15-25(16-12-24)36-31(39)10-5-4-6-19-45-22-35/h7-9,11-18,20,29-30,34,38H,3-6,10,19,21H2,1-2H3,(H,36,39). The van der Waals surface area contributed by atoms with Gasteiger partial charge in [-0.2, -0.15) is 0 Å². The molecule has 1 saturated heterocycles. The second-order valence-electron chi connectivity index (χ2n) is 11.0. The van der Waals surface area contributed by atoms with Gasteiger partial charge in [0.2, 0.25) is 10.0 Å². The molecule has 3 aromatic carbocycles. The van der Waals surface area contributed by atoms with Crippen LogP contribution in [0.1, 0.15) is 50.2 Å². The van der Waals surface area contributed by atoms with E-state index in [4.69, 9.17) is 14.7 Å². The van der Waals surface area contributed by atoms with E-state index in [0.29, 0.717) is 30.0 Å². The van der Waals surface area contributed by atoms with E-state index in [1.54, 1.807) is 43.5 Å². The number of benzene rings is 3. The summed E-state index contributed by atoms with van der Waals surface area (Å²) in [6.07, 6.45) is 2.23. The van der Waals surface area contributed by atoms with E-state index >= 15 is 0 Å². The first kappa shape index (κ1) is 32.6.